The van der Waals surface area contributed by atoms with Gasteiger partial charge >= 0.3 is 0 Å². The van der Waals surface area contributed by atoms with Gasteiger partial charge in [-0.15, -0.1) is 0 Å². The summed E-state index contributed by atoms with van der Waals surface area (Å²) in [5, 5.41) is 10.4. The fraction of sp³-hybridized carbons (Fsp3) is 0.176. The van der Waals surface area contributed by atoms with Gasteiger partial charge in [-0.1, -0.05) is 18.2 Å². The van der Waals surface area contributed by atoms with E-state index in [0.717, 1.165) is 22.4 Å². The fourth-order valence-electron chi connectivity index (χ4n) is 2.62. The molecule has 2 aromatic carbocycles. The molecule has 1 heterocycles. The molecule has 0 unspecified atom stereocenters. The first-order chi connectivity index (χ1) is 10.2. The van der Waals surface area contributed by atoms with Crippen molar-refractivity contribution >= 4 is 10.9 Å². The maximum absolute atomic E-state index is 9.27. The van der Waals surface area contributed by atoms with Crippen LogP contribution in [0.3, 0.4) is 0 Å². The van der Waals surface area contributed by atoms with E-state index in [9.17, 15) is 5.11 Å². The third-order valence-electron chi connectivity index (χ3n) is 3.62. The number of aromatic nitrogens is 1. The molecule has 1 aromatic heterocycles. The average Bonchev–Trinajstić information content (AvgIpc) is 2.83. The number of ether oxygens (including phenoxy) is 1. The van der Waals surface area contributed by atoms with Gasteiger partial charge < -0.3 is 20.1 Å². The zero-order valence-corrected chi connectivity index (χ0v) is 11.9. The van der Waals surface area contributed by atoms with Crippen LogP contribution in [0.5, 0.6) is 11.5 Å². The number of fused-ring (bicyclic) bond motifs is 1. The van der Waals surface area contributed by atoms with Crippen molar-refractivity contribution in [2.75, 3.05) is 0 Å². The van der Waals surface area contributed by atoms with Gasteiger partial charge in [0.05, 0.1) is 5.52 Å². The van der Waals surface area contributed by atoms with Crippen LogP contribution in [0, 0.1) is 0 Å². The number of hydrogen-bond donors (Lipinski definition) is 2. The standard InChI is InChI=1S/C17H18N2O2/c1-19-10-13(11-21-15-7-5-14(20)6-8-15)16-4-2-3-12(9-18)17(16)19/h2-8,10,20H,9,11,18H2,1H3. The van der Waals surface area contributed by atoms with Crippen molar-refractivity contribution in [2.24, 2.45) is 12.8 Å². The molecule has 0 saturated carbocycles. The lowest BCUT2D eigenvalue weighted by molar-refractivity contribution is 0.307. The highest BCUT2D eigenvalue weighted by molar-refractivity contribution is 5.86. The van der Waals surface area contributed by atoms with Gasteiger partial charge in [0.25, 0.3) is 0 Å². The van der Waals surface area contributed by atoms with Crippen LogP contribution >= 0.6 is 0 Å². The fourth-order valence-corrected chi connectivity index (χ4v) is 2.62. The Hall–Kier alpha value is -2.46. The van der Waals surface area contributed by atoms with Gasteiger partial charge in [0.15, 0.2) is 0 Å². The van der Waals surface area contributed by atoms with E-state index < -0.39 is 0 Å². The number of rotatable bonds is 4. The second-order valence-corrected chi connectivity index (χ2v) is 5.07. The minimum atomic E-state index is 0.236. The number of nitrogens with two attached hydrogens (primary N) is 1. The summed E-state index contributed by atoms with van der Waals surface area (Å²) in [6, 6.07) is 12.9. The normalized spacial score (nSPS) is 11.0. The van der Waals surface area contributed by atoms with Crippen molar-refractivity contribution in [1.29, 1.82) is 0 Å². The predicted octanol–water partition coefficient (Wildman–Crippen LogP) is 2.92. The molecule has 0 aliphatic rings. The minimum Gasteiger partial charge on any atom is -0.508 e. The van der Waals surface area contributed by atoms with Crippen LogP contribution in [0.4, 0.5) is 0 Å². The summed E-state index contributed by atoms with van der Waals surface area (Å²) in [5.41, 5.74) is 9.21. The van der Waals surface area contributed by atoms with Crippen molar-refractivity contribution in [2.45, 2.75) is 13.2 Å². The van der Waals surface area contributed by atoms with Crippen LogP contribution in [0.1, 0.15) is 11.1 Å². The number of hydrogen-bond acceptors (Lipinski definition) is 3. The molecule has 0 aliphatic heterocycles. The number of para-hydroxylation sites is 1. The van der Waals surface area contributed by atoms with Crippen LogP contribution in [0.25, 0.3) is 10.9 Å². The summed E-state index contributed by atoms with van der Waals surface area (Å²) < 4.78 is 7.88. The Morgan fingerprint density at radius 3 is 2.57 bits per heavy atom. The molecule has 4 nitrogen and oxygen atoms in total. The van der Waals surface area contributed by atoms with Crippen molar-refractivity contribution in [1.82, 2.24) is 4.57 Å². The number of aromatic hydroxyl groups is 1. The molecule has 0 fully saturated rings. The molecular weight excluding hydrogens is 264 g/mol. The Kier molecular flexibility index (Phi) is 3.54. The van der Waals surface area contributed by atoms with Crippen molar-refractivity contribution in [3.8, 4) is 11.5 Å². The quantitative estimate of drug-likeness (QED) is 0.773. The third-order valence-corrected chi connectivity index (χ3v) is 3.62. The van der Waals surface area contributed by atoms with E-state index in [4.69, 9.17) is 10.5 Å². The lowest BCUT2D eigenvalue weighted by atomic mass is 10.1. The van der Waals surface area contributed by atoms with Gasteiger partial charge in [0.1, 0.15) is 18.1 Å². The van der Waals surface area contributed by atoms with Crippen molar-refractivity contribution in [3.05, 3.63) is 59.8 Å². The average molecular weight is 282 g/mol. The second-order valence-electron chi connectivity index (χ2n) is 5.07. The molecule has 0 amide bonds. The molecule has 3 aromatic rings. The topological polar surface area (TPSA) is 60.4 Å². The van der Waals surface area contributed by atoms with E-state index in [1.54, 1.807) is 24.3 Å². The zero-order chi connectivity index (χ0) is 14.8. The Morgan fingerprint density at radius 2 is 1.86 bits per heavy atom. The zero-order valence-electron chi connectivity index (χ0n) is 11.9. The molecule has 0 saturated heterocycles. The van der Waals surface area contributed by atoms with Gasteiger partial charge in [-0.25, -0.2) is 0 Å². The minimum absolute atomic E-state index is 0.236. The molecular formula is C17H18N2O2. The largest absolute Gasteiger partial charge is 0.508 e. The molecule has 0 radical (unpaired) electrons. The van der Waals surface area contributed by atoms with Crippen LogP contribution < -0.4 is 10.5 Å². The van der Waals surface area contributed by atoms with E-state index in [1.807, 2.05) is 19.2 Å². The maximum Gasteiger partial charge on any atom is 0.120 e. The summed E-state index contributed by atoms with van der Waals surface area (Å²) in [6.45, 7) is 1.00. The first-order valence-corrected chi connectivity index (χ1v) is 6.86. The van der Waals surface area contributed by atoms with Crippen molar-refractivity contribution in [3.63, 3.8) is 0 Å². The summed E-state index contributed by atoms with van der Waals surface area (Å²) in [7, 11) is 2.02. The van der Waals surface area contributed by atoms with Crippen LogP contribution in [0.2, 0.25) is 0 Å². The van der Waals surface area contributed by atoms with Gasteiger partial charge in [-0.3, -0.25) is 0 Å². The summed E-state index contributed by atoms with van der Waals surface area (Å²) in [4.78, 5) is 0. The molecule has 3 rings (SSSR count). The Balaban J connectivity index is 1.89. The SMILES string of the molecule is Cn1cc(COc2ccc(O)cc2)c2cccc(CN)c21. The van der Waals surface area contributed by atoms with E-state index >= 15 is 0 Å². The van der Waals surface area contributed by atoms with Gasteiger partial charge in [-0.2, -0.15) is 0 Å². The third kappa shape index (κ3) is 2.58. The summed E-state index contributed by atoms with van der Waals surface area (Å²) in [5.74, 6) is 0.972. The predicted molar refractivity (Wildman–Crippen MR) is 83.2 cm³/mol. The lowest BCUT2D eigenvalue weighted by Crippen LogP contribution is -1.99. The number of benzene rings is 2. The number of nitrogens with zero attached hydrogens (tertiary/aromatic N) is 1. The molecule has 3 N–H and O–H groups in total. The van der Waals surface area contributed by atoms with Gasteiger partial charge in [0.2, 0.25) is 0 Å². The molecule has 0 atom stereocenters. The Bertz CT molecular complexity index is 760. The highest BCUT2D eigenvalue weighted by Gasteiger charge is 2.10. The highest BCUT2D eigenvalue weighted by Crippen LogP contribution is 2.25. The first kappa shape index (κ1) is 13.5. The number of aryl methyl sites for hydroxylation is 1. The molecule has 0 bridgehead atoms. The Morgan fingerprint density at radius 1 is 1.10 bits per heavy atom. The smallest absolute Gasteiger partial charge is 0.120 e. The number of phenols is 1. The van der Waals surface area contributed by atoms with E-state index in [1.165, 1.54) is 5.39 Å². The van der Waals surface area contributed by atoms with E-state index in [-0.39, 0.29) is 5.75 Å². The molecule has 0 aliphatic carbocycles. The van der Waals surface area contributed by atoms with E-state index in [0.29, 0.717) is 13.2 Å². The maximum atomic E-state index is 9.27. The van der Waals surface area contributed by atoms with Crippen LogP contribution in [-0.4, -0.2) is 9.67 Å². The number of phenolic OH excluding ortho intramolecular Hbond substituents is 1. The van der Waals surface area contributed by atoms with Gasteiger partial charge in [-0.05, 0) is 29.8 Å². The highest BCUT2D eigenvalue weighted by atomic mass is 16.5. The van der Waals surface area contributed by atoms with Crippen LogP contribution in [0.15, 0.2) is 48.7 Å². The lowest BCUT2D eigenvalue weighted by Gasteiger charge is -2.06. The summed E-state index contributed by atoms with van der Waals surface area (Å²) >= 11 is 0. The second kappa shape index (κ2) is 5.50. The summed E-state index contributed by atoms with van der Waals surface area (Å²) in [6.07, 6.45) is 2.07. The van der Waals surface area contributed by atoms with Gasteiger partial charge in [0, 0.05) is 30.7 Å². The molecule has 0 spiro atoms. The van der Waals surface area contributed by atoms with Crippen molar-refractivity contribution < 1.29 is 9.84 Å². The molecule has 21 heavy (non-hydrogen) atoms. The molecule has 108 valence electrons. The Labute approximate surface area is 123 Å². The first-order valence-electron chi connectivity index (χ1n) is 6.86. The molecule has 4 heteroatoms. The van der Waals surface area contributed by atoms with E-state index in [2.05, 4.69) is 16.8 Å². The van der Waals surface area contributed by atoms with Crippen LogP contribution in [-0.2, 0) is 20.2 Å². The monoisotopic (exact) mass is 282 g/mol.